The minimum Gasteiger partial charge on any atom is -0.481 e. The monoisotopic (exact) mass is 317 g/mol. The molecule has 1 aliphatic heterocycles. The van der Waals surface area contributed by atoms with Gasteiger partial charge in [0.05, 0.1) is 0 Å². The fourth-order valence-electron chi connectivity index (χ4n) is 5.10. The Kier molecular flexibility index (Phi) is 3.49. The van der Waals surface area contributed by atoms with Gasteiger partial charge in [-0.1, -0.05) is 18.2 Å². The van der Waals surface area contributed by atoms with Crippen LogP contribution in [-0.4, -0.2) is 34.7 Å². The SMILES string of the molecule is O=C(O)[C@]12CCC[C@@]1(F)CN(Cc1cccc3c1CCCC3)C2. The van der Waals surface area contributed by atoms with E-state index in [2.05, 4.69) is 18.2 Å². The summed E-state index contributed by atoms with van der Waals surface area (Å²) in [4.78, 5) is 13.8. The third kappa shape index (κ3) is 2.22. The van der Waals surface area contributed by atoms with Gasteiger partial charge in [-0.25, -0.2) is 4.39 Å². The molecule has 1 aromatic rings. The topological polar surface area (TPSA) is 40.5 Å². The van der Waals surface area contributed by atoms with Crippen LogP contribution in [0.25, 0.3) is 0 Å². The third-order valence-corrected chi connectivity index (χ3v) is 6.30. The highest BCUT2D eigenvalue weighted by Gasteiger charge is 2.65. The van der Waals surface area contributed by atoms with Crippen molar-refractivity contribution in [3.63, 3.8) is 0 Å². The first-order chi connectivity index (χ1) is 11.0. The van der Waals surface area contributed by atoms with Gasteiger partial charge in [0.1, 0.15) is 11.1 Å². The van der Waals surface area contributed by atoms with Crippen molar-refractivity contribution in [1.29, 1.82) is 0 Å². The van der Waals surface area contributed by atoms with E-state index < -0.39 is 17.1 Å². The first-order valence-electron chi connectivity index (χ1n) is 8.78. The Labute approximate surface area is 136 Å². The van der Waals surface area contributed by atoms with Crippen molar-refractivity contribution in [3.05, 3.63) is 34.9 Å². The number of nitrogens with zero attached hydrogens (tertiary/aromatic N) is 1. The van der Waals surface area contributed by atoms with Crippen LogP contribution in [0.15, 0.2) is 18.2 Å². The van der Waals surface area contributed by atoms with Crippen molar-refractivity contribution in [3.8, 4) is 0 Å². The summed E-state index contributed by atoms with van der Waals surface area (Å²) in [5, 5.41) is 9.65. The zero-order valence-electron chi connectivity index (χ0n) is 13.5. The van der Waals surface area contributed by atoms with E-state index in [1.165, 1.54) is 29.5 Å². The molecule has 0 spiro atoms. The molecule has 2 fully saturated rings. The van der Waals surface area contributed by atoms with Crippen LogP contribution in [0.5, 0.6) is 0 Å². The van der Waals surface area contributed by atoms with Crippen LogP contribution in [-0.2, 0) is 24.2 Å². The molecule has 0 amide bonds. The molecule has 0 unspecified atom stereocenters. The Bertz CT molecular complexity index is 646. The first kappa shape index (κ1) is 15.1. The van der Waals surface area contributed by atoms with Crippen LogP contribution >= 0.6 is 0 Å². The van der Waals surface area contributed by atoms with E-state index in [-0.39, 0.29) is 6.54 Å². The standard InChI is InChI=1S/C19H24FNO2/c20-19-10-4-9-18(19,17(22)23)12-21(13-19)11-15-7-3-6-14-5-1-2-8-16(14)15/h3,6-7H,1-2,4-5,8-13H2,(H,22,23)/t18-,19-/m1/s1. The van der Waals surface area contributed by atoms with Crippen molar-refractivity contribution in [1.82, 2.24) is 4.90 Å². The zero-order valence-corrected chi connectivity index (χ0v) is 13.5. The second kappa shape index (κ2) is 5.30. The fourth-order valence-corrected chi connectivity index (χ4v) is 5.10. The van der Waals surface area contributed by atoms with Gasteiger partial charge >= 0.3 is 5.97 Å². The summed E-state index contributed by atoms with van der Waals surface area (Å²) < 4.78 is 15.3. The maximum absolute atomic E-state index is 15.3. The fraction of sp³-hybridized carbons (Fsp3) is 0.632. The third-order valence-electron chi connectivity index (χ3n) is 6.30. The molecule has 1 heterocycles. The van der Waals surface area contributed by atoms with E-state index in [0.29, 0.717) is 32.4 Å². The quantitative estimate of drug-likeness (QED) is 0.929. The Morgan fingerprint density at radius 1 is 1.17 bits per heavy atom. The lowest BCUT2D eigenvalue weighted by Gasteiger charge is -2.28. The summed E-state index contributed by atoms with van der Waals surface area (Å²) in [6.45, 7) is 1.30. The molecule has 2 atom stereocenters. The molecule has 2 aliphatic carbocycles. The lowest BCUT2D eigenvalue weighted by atomic mass is 9.78. The molecule has 3 aliphatic rings. The molecule has 3 nitrogen and oxygen atoms in total. The van der Waals surface area contributed by atoms with Crippen molar-refractivity contribution in [2.24, 2.45) is 5.41 Å². The molecular formula is C19H24FNO2. The van der Waals surface area contributed by atoms with E-state index in [1.807, 2.05) is 4.90 Å². The second-order valence-corrected chi connectivity index (χ2v) is 7.61. The number of carboxylic acids is 1. The van der Waals surface area contributed by atoms with E-state index in [4.69, 9.17) is 0 Å². The molecule has 0 bridgehead atoms. The molecule has 124 valence electrons. The minimum atomic E-state index is -1.55. The van der Waals surface area contributed by atoms with Crippen LogP contribution in [0, 0.1) is 5.41 Å². The van der Waals surface area contributed by atoms with E-state index in [9.17, 15) is 9.90 Å². The molecule has 4 heteroatoms. The number of aryl methyl sites for hydroxylation is 1. The van der Waals surface area contributed by atoms with Gasteiger partial charge in [-0.3, -0.25) is 9.69 Å². The van der Waals surface area contributed by atoms with Crippen molar-refractivity contribution in [2.45, 2.75) is 57.2 Å². The van der Waals surface area contributed by atoms with Crippen LogP contribution in [0.4, 0.5) is 4.39 Å². The number of halogens is 1. The Balaban J connectivity index is 1.59. The zero-order chi connectivity index (χ0) is 16.1. The number of likely N-dealkylation sites (tertiary alicyclic amines) is 1. The maximum atomic E-state index is 15.3. The molecule has 0 radical (unpaired) electrons. The lowest BCUT2D eigenvalue weighted by molar-refractivity contribution is -0.153. The van der Waals surface area contributed by atoms with Gasteiger partial charge in [0, 0.05) is 19.6 Å². The summed E-state index contributed by atoms with van der Waals surface area (Å²) in [5.41, 5.74) is 1.39. The summed E-state index contributed by atoms with van der Waals surface area (Å²) in [6.07, 6.45) is 6.26. The van der Waals surface area contributed by atoms with Gasteiger partial charge in [-0.2, -0.15) is 0 Å². The van der Waals surface area contributed by atoms with Crippen molar-refractivity contribution < 1.29 is 14.3 Å². The number of hydrogen-bond donors (Lipinski definition) is 1. The highest BCUT2D eigenvalue weighted by Crippen LogP contribution is 2.54. The van der Waals surface area contributed by atoms with Crippen LogP contribution in [0.1, 0.15) is 48.8 Å². The highest BCUT2D eigenvalue weighted by atomic mass is 19.1. The Hall–Kier alpha value is -1.42. The summed E-state index contributed by atoms with van der Waals surface area (Å²) in [6, 6.07) is 6.43. The van der Waals surface area contributed by atoms with Crippen molar-refractivity contribution in [2.75, 3.05) is 13.1 Å². The van der Waals surface area contributed by atoms with Crippen molar-refractivity contribution >= 4 is 5.97 Å². The van der Waals surface area contributed by atoms with Crippen LogP contribution in [0.2, 0.25) is 0 Å². The normalized spacial score (nSPS) is 33.4. The highest BCUT2D eigenvalue weighted by molar-refractivity contribution is 5.78. The number of aliphatic carboxylic acids is 1. The van der Waals surface area contributed by atoms with Crippen LogP contribution < -0.4 is 0 Å². The van der Waals surface area contributed by atoms with E-state index in [1.54, 1.807) is 0 Å². The predicted molar refractivity (Wildman–Crippen MR) is 86.1 cm³/mol. The number of alkyl halides is 1. The number of rotatable bonds is 3. The second-order valence-electron chi connectivity index (χ2n) is 7.61. The molecular weight excluding hydrogens is 293 g/mol. The average molecular weight is 317 g/mol. The van der Waals surface area contributed by atoms with Gasteiger partial charge in [0.2, 0.25) is 0 Å². The van der Waals surface area contributed by atoms with Gasteiger partial charge in [-0.15, -0.1) is 0 Å². The van der Waals surface area contributed by atoms with Gasteiger partial charge in [0.15, 0.2) is 0 Å². The molecule has 1 N–H and O–H groups in total. The smallest absolute Gasteiger partial charge is 0.314 e. The van der Waals surface area contributed by atoms with Gasteiger partial charge < -0.3 is 5.11 Å². The number of hydrogen-bond acceptors (Lipinski definition) is 2. The summed E-state index contributed by atoms with van der Waals surface area (Å²) in [7, 11) is 0. The lowest BCUT2D eigenvalue weighted by Crippen LogP contribution is -2.45. The van der Waals surface area contributed by atoms with Gasteiger partial charge in [0.25, 0.3) is 0 Å². The summed E-state index contributed by atoms with van der Waals surface area (Å²) in [5.74, 6) is -0.949. The number of fused-ring (bicyclic) bond motifs is 2. The number of carboxylic acid groups (broad SMARTS) is 1. The molecule has 4 rings (SSSR count). The van der Waals surface area contributed by atoms with E-state index >= 15 is 4.39 Å². The predicted octanol–water partition coefficient (Wildman–Crippen LogP) is 3.34. The van der Waals surface area contributed by atoms with Gasteiger partial charge in [-0.05, 0) is 61.6 Å². The Morgan fingerprint density at radius 2 is 2.00 bits per heavy atom. The minimum absolute atomic E-state index is 0.267. The largest absolute Gasteiger partial charge is 0.481 e. The first-order valence-corrected chi connectivity index (χ1v) is 8.78. The maximum Gasteiger partial charge on any atom is 0.314 e. The molecule has 23 heavy (non-hydrogen) atoms. The summed E-state index contributed by atoms with van der Waals surface area (Å²) >= 11 is 0. The molecule has 1 saturated carbocycles. The molecule has 1 aromatic carbocycles. The number of carbonyl (C=O) groups is 1. The van der Waals surface area contributed by atoms with Crippen LogP contribution in [0.3, 0.4) is 0 Å². The molecule has 0 aromatic heterocycles. The number of benzene rings is 1. The molecule has 1 saturated heterocycles. The van der Waals surface area contributed by atoms with E-state index in [0.717, 1.165) is 12.8 Å². The average Bonchev–Trinajstić information content (AvgIpc) is 2.98. The Morgan fingerprint density at radius 3 is 2.78 bits per heavy atom.